The minimum absolute atomic E-state index is 0.212. The van der Waals surface area contributed by atoms with Crippen LogP contribution in [-0.2, 0) is 16.1 Å². The smallest absolute Gasteiger partial charge is 0.338 e. The van der Waals surface area contributed by atoms with Gasteiger partial charge in [-0.3, -0.25) is 9.36 Å². The number of halogens is 1. The number of fused-ring (bicyclic) bond motifs is 1. The van der Waals surface area contributed by atoms with Crippen molar-refractivity contribution < 1.29 is 19.0 Å². The van der Waals surface area contributed by atoms with E-state index >= 15 is 0 Å². The molecule has 1 aromatic heterocycles. The molecule has 1 aliphatic heterocycles. The van der Waals surface area contributed by atoms with Gasteiger partial charge in [0, 0.05) is 0 Å². The van der Waals surface area contributed by atoms with Crippen LogP contribution in [0.5, 0.6) is 11.5 Å². The quantitative estimate of drug-likeness (QED) is 0.255. The van der Waals surface area contributed by atoms with Crippen molar-refractivity contribution in [3.05, 3.63) is 125 Å². The lowest BCUT2D eigenvalue weighted by Crippen LogP contribution is -2.39. The van der Waals surface area contributed by atoms with Crippen molar-refractivity contribution in [2.75, 3.05) is 13.7 Å². The summed E-state index contributed by atoms with van der Waals surface area (Å²) in [7, 11) is 1.58. The summed E-state index contributed by atoms with van der Waals surface area (Å²) >= 11 is 4.82. The molecule has 0 radical (unpaired) electrons. The molecule has 2 heterocycles. The third kappa shape index (κ3) is 5.66. The van der Waals surface area contributed by atoms with Crippen molar-refractivity contribution in [2.24, 2.45) is 4.99 Å². The Hall–Kier alpha value is -3.95. The second kappa shape index (κ2) is 12.1. The molecule has 0 amide bonds. The van der Waals surface area contributed by atoms with E-state index in [9.17, 15) is 9.59 Å². The van der Waals surface area contributed by atoms with Crippen molar-refractivity contribution in [3.63, 3.8) is 0 Å². The summed E-state index contributed by atoms with van der Waals surface area (Å²) in [6, 6.07) is 22.3. The van der Waals surface area contributed by atoms with Gasteiger partial charge in [-0.15, -0.1) is 0 Å². The number of methoxy groups -OCH3 is 1. The molecule has 0 saturated carbocycles. The first-order chi connectivity index (χ1) is 19.4. The fourth-order valence-corrected chi connectivity index (χ4v) is 6.12. The van der Waals surface area contributed by atoms with Crippen LogP contribution in [0, 0.1) is 0 Å². The number of carbonyl (C=O) groups is 1. The molecule has 9 heteroatoms. The highest BCUT2D eigenvalue weighted by atomic mass is 79.9. The Balaban J connectivity index is 1.53. The molecule has 204 valence electrons. The molecule has 0 unspecified atom stereocenters. The summed E-state index contributed by atoms with van der Waals surface area (Å²) in [6.45, 7) is 4.20. The van der Waals surface area contributed by atoms with E-state index in [4.69, 9.17) is 14.2 Å². The van der Waals surface area contributed by atoms with Crippen molar-refractivity contribution in [3.8, 4) is 11.5 Å². The standard InChI is InChI=1S/C31H27BrN2O5S/c1-4-38-30(36)27-19(2)33-31-34(28(27)22-12-15-25(37-3)24(32)17-22)29(35)26(40-31)16-20-10-13-23(14-11-20)39-18-21-8-6-5-7-9-21/h5-17,28H,4,18H2,1-3H3/b26-16+/t28-/m0/s1. The van der Waals surface area contributed by atoms with Gasteiger partial charge in [0.15, 0.2) is 4.80 Å². The molecule has 1 aliphatic rings. The van der Waals surface area contributed by atoms with Crippen LogP contribution in [0.4, 0.5) is 0 Å². The Morgan fingerprint density at radius 1 is 1.10 bits per heavy atom. The average Bonchev–Trinajstić information content (AvgIpc) is 3.26. The maximum absolute atomic E-state index is 13.8. The van der Waals surface area contributed by atoms with Crippen LogP contribution in [0.2, 0.25) is 0 Å². The summed E-state index contributed by atoms with van der Waals surface area (Å²) in [5.41, 5.74) is 3.28. The number of hydrogen-bond donors (Lipinski definition) is 0. The number of esters is 1. The maximum atomic E-state index is 13.8. The number of nitrogens with zero attached hydrogens (tertiary/aromatic N) is 2. The maximum Gasteiger partial charge on any atom is 0.338 e. The second-order valence-electron chi connectivity index (χ2n) is 9.04. The van der Waals surface area contributed by atoms with E-state index in [1.54, 1.807) is 31.6 Å². The molecule has 0 aliphatic carbocycles. The minimum atomic E-state index is -0.701. The Kier molecular flexibility index (Phi) is 8.32. The van der Waals surface area contributed by atoms with Crippen LogP contribution in [-0.4, -0.2) is 24.3 Å². The van der Waals surface area contributed by atoms with E-state index in [0.717, 1.165) is 22.4 Å². The number of benzene rings is 3. The third-order valence-electron chi connectivity index (χ3n) is 6.43. The normalized spacial score (nSPS) is 14.9. The lowest BCUT2D eigenvalue weighted by Gasteiger charge is -2.25. The van der Waals surface area contributed by atoms with Crippen LogP contribution in [0.3, 0.4) is 0 Å². The van der Waals surface area contributed by atoms with Crippen molar-refractivity contribution >= 4 is 39.3 Å². The first-order valence-corrected chi connectivity index (χ1v) is 14.3. The molecule has 0 N–H and O–H groups in total. The zero-order valence-electron chi connectivity index (χ0n) is 22.2. The van der Waals surface area contributed by atoms with Gasteiger partial charge in [-0.05, 0) is 76.8 Å². The number of aromatic nitrogens is 1. The van der Waals surface area contributed by atoms with Gasteiger partial charge in [-0.25, -0.2) is 9.79 Å². The largest absolute Gasteiger partial charge is 0.496 e. The Morgan fingerprint density at radius 2 is 1.85 bits per heavy atom. The van der Waals surface area contributed by atoms with E-state index in [1.165, 1.54) is 11.3 Å². The SMILES string of the molecule is CCOC(=O)C1=C(C)N=c2s/c(=C/c3ccc(OCc4ccccc4)cc3)c(=O)n2[C@H]1c1ccc(OC)c(Br)c1. The van der Waals surface area contributed by atoms with Gasteiger partial charge in [0.1, 0.15) is 18.1 Å². The first kappa shape index (κ1) is 27.6. The lowest BCUT2D eigenvalue weighted by atomic mass is 9.96. The van der Waals surface area contributed by atoms with Crippen molar-refractivity contribution in [2.45, 2.75) is 26.5 Å². The van der Waals surface area contributed by atoms with Gasteiger partial charge in [0.05, 0.1) is 40.0 Å². The molecule has 0 spiro atoms. The zero-order valence-corrected chi connectivity index (χ0v) is 24.6. The molecule has 0 bridgehead atoms. The summed E-state index contributed by atoms with van der Waals surface area (Å²) in [6.07, 6.45) is 1.83. The van der Waals surface area contributed by atoms with Crippen LogP contribution in [0.25, 0.3) is 6.08 Å². The fraction of sp³-hybridized carbons (Fsp3) is 0.194. The van der Waals surface area contributed by atoms with Gasteiger partial charge < -0.3 is 14.2 Å². The molecule has 7 nitrogen and oxygen atoms in total. The number of allylic oxidation sites excluding steroid dienone is 1. The monoisotopic (exact) mass is 618 g/mol. The average molecular weight is 620 g/mol. The van der Waals surface area contributed by atoms with Gasteiger partial charge >= 0.3 is 5.97 Å². The highest BCUT2D eigenvalue weighted by molar-refractivity contribution is 9.10. The van der Waals surface area contributed by atoms with Gasteiger partial charge in [-0.2, -0.15) is 0 Å². The fourth-order valence-electron chi connectivity index (χ4n) is 4.51. The minimum Gasteiger partial charge on any atom is -0.496 e. The summed E-state index contributed by atoms with van der Waals surface area (Å²) in [4.78, 5) is 32.1. The Bertz CT molecular complexity index is 1760. The summed E-state index contributed by atoms with van der Waals surface area (Å²) in [5.74, 6) is 0.883. The highest BCUT2D eigenvalue weighted by Crippen LogP contribution is 2.35. The Labute approximate surface area is 243 Å². The van der Waals surface area contributed by atoms with Crippen LogP contribution >= 0.6 is 27.3 Å². The molecule has 40 heavy (non-hydrogen) atoms. The molecule has 0 fully saturated rings. The van der Waals surface area contributed by atoms with E-state index in [-0.39, 0.29) is 12.2 Å². The highest BCUT2D eigenvalue weighted by Gasteiger charge is 2.33. The van der Waals surface area contributed by atoms with Gasteiger partial charge in [0.2, 0.25) is 0 Å². The first-order valence-electron chi connectivity index (χ1n) is 12.7. The third-order valence-corrected chi connectivity index (χ3v) is 8.04. The second-order valence-corrected chi connectivity index (χ2v) is 10.9. The van der Waals surface area contributed by atoms with Gasteiger partial charge in [0.25, 0.3) is 5.56 Å². The topological polar surface area (TPSA) is 79.1 Å². The zero-order chi connectivity index (χ0) is 28.2. The van der Waals surface area contributed by atoms with Crippen molar-refractivity contribution in [1.82, 2.24) is 4.57 Å². The predicted molar refractivity (Wildman–Crippen MR) is 158 cm³/mol. The molecule has 5 rings (SSSR count). The molecular weight excluding hydrogens is 592 g/mol. The Morgan fingerprint density at radius 3 is 2.52 bits per heavy atom. The van der Waals surface area contributed by atoms with E-state index in [2.05, 4.69) is 20.9 Å². The van der Waals surface area contributed by atoms with Crippen LogP contribution in [0.15, 0.2) is 98.3 Å². The number of thiazole rings is 1. The molecule has 0 saturated heterocycles. The van der Waals surface area contributed by atoms with Crippen molar-refractivity contribution in [1.29, 1.82) is 0 Å². The molecular formula is C31H27BrN2O5S. The van der Waals surface area contributed by atoms with Crippen LogP contribution in [0.1, 0.15) is 36.6 Å². The number of hydrogen-bond acceptors (Lipinski definition) is 7. The lowest BCUT2D eigenvalue weighted by molar-refractivity contribution is -0.139. The van der Waals surface area contributed by atoms with Gasteiger partial charge in [-0.1, -0.05) is 59.9 Å². The summed E-state index contributed by atoms with van der Waals surface area (Å²) in [5, 5.41) is 0. The number of ether oxygens (including phenoxy) is 3. The number of rotatable bonds is 8. The molecule has 4 aromatic rings. The van der Waals surface area contributed by atoms with E-state index < -0.39 is 12.0 Å². The van der Waals surface area contributed by atoms with Crippen LogP contribution < -0.4 is 24.4 Å². The number of carbonyl (C=O) groups excluding carboxylic acids is 1. The molecule has 3 aromatic carbocycles. The van der Waals surface area contributed by atoms with E-state index in [0.29, 0.717) is 37.4 Å². The predicted octanol–water partition coefficient (Wildman–Crippen LogP) is 5.15. The summed E-state index contributed by atoms with van der Waals surface area (Å²) < 4.78 is 19.4. The molecule has 1 atom stereocenters. The van der Waals surface area contributed by atoms with E-state index in [1.807, 2.05) is 72.8 Å².